The topological polar surface area (TPSA) is 125 Å². The number of fused-ring (bicyclic) bond motifs is 2. The predicted octanol–water partition coefficient (Wildman–Crippen LogP) is 4.88. The summed E-state index contributed by atoms with van der Waals surface area (Å²) in [5.41, 5.74) is 7.33. The number of nitrogens with one attached hydrogen (secondary N) is 1. The van der Waals surface area contributed by atoms with Crippen LogP contribution < -0.4 is 16.8 Å². The number of rotatable bonds is 8. The molecule has 12 heteroatoms. The Balaban J connectivity index is 1.63. The van der Waals surface area contributed by atoms with Crippen molar-refractivity contribution < 1.29 is 41.1 Å². The second-order valence-corrected chi connectivity index (χ2v) is 12.3. The molecule has 0 radical (unpaired) electrons. The number of amides is 3. The summed E-state index contributed by atoms with van der Waals surface area (Å²) in [5, 5.41) is 2.90. The van der Waals surface area contributed by atoms with Crippen LogP contribution in [0.25, 0.3) is 5.57 Å². The van der Waals surface area contributed by atoms with E-state index >= 15 is 8.78 Å². The molecule has 1 aromatic carbocycles. The molecule has 1 aromatic rings. The third kappa shape index (κ3) is 4.59. The molecule has 3 fully saturated rings. The van der Waals surface area contributed by atoms with Crippen molar-refractivity contribution in [3.8, 4) is 0 Å². The summed E-state index contributed by atoms with van der Waals surface area (Å²) < 4.78 is 78.4. The van der Waals surface area contributed by atoms with Crippen molar-refractivity contribution >= 4 is 23.3 Å². The minimum absolute atomic E-state index is 0.108. The van der Waals surface area contributed by atoms with Gasteiger partial charge in [-0.1, -0.05) is 13.3 Å². The fourth-order valence-corrected chi connectivity index (χ4v) is 7.68. The molecule has 0 aliphatic heterocycles. The fourth-order valence-electron chi connectivity index (χ4n) is 7.68. The first-order valence-electron chi connectivity index (χ1n) is 13.8. The van der Waals surface area contributed by atoms with E-state index in [1.54, 1.807) is 0 Å². The molecule has 5 atom stereocenters. The highest BCUT2D eigenvalue weighted by Gasteiger charge is 2.65. The largest absolute Gasteiger partial charge is 0.500 e. The van der Waals surface area contributed by atoms with Gasteiger partial charge in [0.15, 0.2) is 0 Å². The van der Waals surface area contributed by atoms with Crippen molar-refractivity contribution in [1.29, 1.82) is 0 Å². The summed E-state index contributed by atoms with van der Waals surface area (Å²) in [6, 6.07) is 1.13. The third-order valence-corrected chi connectivity index (χ3v) is 9.93. The molecule has 0 saturated heterocycles. The van der Waals surface area contributed by atoms with Gasteiger partial charge in [0.05, 0.1) is 12.7 Å². The number of hydrogen-bond donors (Lipinski definition) is 3. The van der Waals surface area contributed by atoms with E-state index in [1.807, 2.05) is 6.92 Å². The molecule has 42 heavy (non-hydrogen) atoms. The first-order chi connectivity index (χ1) is 19.7. The fraction of sp³-hybridized carbons (Fsp3) is 0.500. The molecule has 5 N–H and O–H groups in total. The van der Waals surface area contributed by atoms with Gasteiger partial charge in [0, 0.05) is 30.2 Å². The molecular formula is C30H32F5N3O4. The molecule has 0 heterocycles. The molecule has 7 nitrogen and oxygen atoms in total. The van der Waals surface area contributed by atoms with Gasteiger partial charge in [-0.15, -0.1) is 0 Å². The second-order valence-electron chi connectivity index (χ2n) is 12.3. The van der Waals surface area contributed by atoms with Crippen LogP contribution in [-0.2, 0) is 14.3 Å². The zero-order chi connectivity index (χ0) is 30.7. The van der Waals surface area contributed by atoms with Crippen LogP contribution >= 0.6 is 0 Å². The average molecular weight is 594 g/mol. The summed E-state index contributed by atoms with van der Waals surface area (Å²) >= 11 is 0. The van der Waals surface area contributed by atoms with Crippen LogP contribution in [0.1, 0.15) is 61.4 Å². The lowest BCUT2D eigenvalue weighted by atomic mass is 9.57. The van der Waals surface area contributed by atoms with Crippen LogP contribution in [0.15, 0.2) is 41.4 Å². The first-order valence-corrected chi connectivity index (χ1v) is 13.8. The highest BCUT2D eigenvalue weighted by Crippen LogP contribution is 2.65. The van der Waals surface area contributed by atoms with Crippen LogP contribution in [0, 0.1) is 46.1 Å². The molecule has 4 aliphatic carbocycles. The van der Waals surface area contributed by atoms with E-state index in [0.717, 1.165) is 31.4 Å². The Labute approximate surface area is 239 Å². The van der Waals surface area contributed by atoms with E-state index in [2.05, 4.69) is 5.32 Å². The summed E-state index contributed by atoms with van der Waals surface area (Å²) in [6.45, 7) is 2.33. The van der Waals surface area contributed by atoms with E-state index < -0.39 is 93.5 Å². The lowest BCUT2D eigenvalue weighted by Gasteiger charge is -2.46. The number of carbonyl (C=O) groups excluding carboxylic acids is 3. The number of primary amides is 2. The van der Waals surface area contributed by atoms with Gasteiger partial charge < -0.3 is 21.5 Å². The Hall–Kier alpha value is -3.70. The van der Waals surface area contributed by atoms with Gasteiger partial charge in [0.25, 0.3) is 12.0 Å². The number of ether oxygens (including phenoxy) is 1. The van der Waals surface area contributed by atoms with Crippen LogP contribution in [0.4, 0.5) is 22.0 Å². The molecule has 0 spiro atoms. The number of hydrogen-bond acceptors (Lipinski definition) is 4. The smallest absolute Gasteiger partial charge is 0.269 e. The van der Waals surface area contributed by atoms with Crippen molar-refractivity contribution in [1.82, 2.24) is 5.32 Å². The average Bonchev–Trinajstić information content (AvgIpc) is 3.50. The van der Waals surface area contributed by atoms with Crippen LogP contribution in [0.3, 0.4) is 0 Å². The van der Waals surface area contributed by atoms with Crippen molar-refractivity contribution in [3.05, 3.63) is 64.2 Å². The molecule has 5 rings (SSSR count). The Morgan fingerprint density at radius 2 is 1.79 bits per heavy atom. The van der Waals surface area contributed by atoms with Crippen molar-refractivity contribution in [2.24, 2.45) is 46.0 Å². The zero-order valence-electron chi connectivity index (χ0n) is 23.2. The van der Waals surface area contributed by atoms with Gasteiger partial charge in [-0.2, -0.15) is 8.78 Å². The lowest BCUT2D eigenvalue weighted by molar-refractivity contribution is -0.138. The van der Waals surface area contributed by atoms with Crippen molar-refractivity contribution in [2.45, 2.75) is 45.4 Å². The van der Waals surface area contributed by atoms with Gasteiger partial charge in [-0.3, -0.25) is 14.4 Å². The molecule has 2 bridgehead atoms. The number of benzene rings is 1. The Bertz CT molecular complexity index is 1460. The van der Waals surface area contributed by atoms with Crippen LogP contribution in [0.5, 0.6) is 0 Å². The van der Waals surface area contributed by atoms with E-state index in [0.29, 0.717) is 12.6 Å². The van der Waals surface area contributed by atoms with E-state index in [1.165, 1.54) is 7.11 Å². The highest BCUT2D eigenvalue weighted by atomic mass is 19.3. The van der Waals surface area contributed by atoms with Crippen LogP contribution in [0.2, 0.25) is 0 Å². The Kier molecular flexibility index (Phi) is 7.47. The standard InChI is InChI=1S/C30H32F5N3O4/c1-29(4-3-5-29)12-38-27(40)23-15-6-13(7-16(15)25(34)35)24(23)30(28(37)41)11-18(21(33)10-22(30)42-2)14-8-17(26(36)39)20(32)9-19(14)31/h8-10,13,15,23-24H,3-7,11-12H2,1-2H3,(H2,36,39)(H2,37,41)(H,38,40)/t13-,15+,23+,24-,30?/m1/s1. The minimum atomic E-state index is -1.95. The number of carbonyl (C=O) groups is 3. The van der Waals surface area contributed by atoms with Crippen LogP contribution in [-0.4, -0.2) is 31.4 Å². The number of methoxy groups -OCH3 is 1. The molecule has 3 saturated carbocycles. The Morgan fingerprint density at radius 1 is 1.10 bits per heavy atom. The quantitative estimate of drug-likeness (QED) is 0.372. The van der Waals surface area contributed by atoms with Crippen molar-refractivity contribution in [2.75, 3.05) is 13.7 Å². The van der Waals surface area contributed by atoms with E-state index in [4.69, 9.17) is 16.2 Å². The predicted molar refractivity (Wildman–Crippen MR) is 142 cm³/mol. The lowest BCUT2D eigenvalue weighted by Crippen LogP contribution is -2.54. The normalized spacial score (nSPS) is 29.6. The number of nitrogens with two attached hydrogens (primary N) is 2. The van der Waals surface area contributed by atoms with Gasteiger partial charge in [0.1, 0.15) is 28.6 Å². The SMILES string of the molecule is COC1=CC(F)=C(c2cc(C(N)=O)c(F)cc2F)CC1(C(N)=O)[C@@H]1[C@H]2CC(=C(F)F)[C@H](C2)[C@@H]1C(=O)NCC1(C)CCC1. The van der Waals surface area contributed by atoms with Gasteiger partial charge in [-0.05, 0) is 72.5 Å². The number of allylic oxidation sites excluding steroid dienone is 4. The van der Waals surface area contributed by atoms with Crippen molar-refractivity contribution in [3.63, 3.8) is 0 Å². The van der Waals surface area contributed by atoms with Gasteiger partial charge >= 0.3 is 0 Å². The maximum Gasteiger partial charge on any atom is 0.269 e. The molecule has 4 aliphatic rings. The van der Waals surface area contributed by atoms with Gasteiger partial charge in [0.2, 0.25) is 11.8 Å². The number of halogens is 5. The maximum absolute atomic E-state index is 15.6. The highest BCUT2D eigenvalue weighted by molar-refractivity contribution is 5.95. The summed E-state index contributed by atoms with van der Waals surface area (Å²) in [7, 11) is 1.18. The summed E-state index contributed by atoms with van der Waals surface area (Å²) in [4.78, 5) is 39.1. The second kappa shape index (κ2) is 10.5. The Morgan fingerprint density at radius 3 is 2.33 bits per heavy atom. The molecule has 1 unspecified atom stereocenters. The monoisotopic (exact) mass is 593 g/mol. The van der Waals surface area contributed by atoms with E-state index in [-0.39, 0.29) is 29.6 Å². The zero-order valence-corrected chi connectivity index (χ0v) is 23.2. The molecule has 226 valence electrons. The minimum Gasteiger partial charge on any atom is -0.500 e. The summed E-state index contributed by atoms with van der Waals surface area (Å²) in [5.74, 6) is -10.2. The maximum atomic E-state index is 15.6. The first kappa shape index (κ1) is 29.8. The molecule has 0 aromatic heterocycles. The van der Waals surface area contributed by atoms with E-state index in [9.17, 15) is 27.6 Å². The third-order valence-electron chi connectivity index (χ3n) is 9.93. The summed E-state index contributed by atoms with van der Waals surface area (Å²) in [6.07, 6.45) is 1.18. The molecular weight excluding hydrogens is 561 g/mol. The van der Waals surface area contributed by atoms with Gasteiger partial charge in [-0.25, -0.2) is 13.2 Å². The molecule has 3 amide bonds.